The van der Waals surface area contributed by atoms with Crippen LogP contribution >= 0.6 is 0 Å². The van der Waals surface area contributed by atoms with Gasteiger partial charge in [-0.1, -0.05) is 5.16 Å². The molecule has 0 amide bonds. The lowest BCUT2D eigenvalue weighted by Crippen LogP contribution is -2.12. The van der Waals surface area contributed by atoms with E-state index in [1.165, 1.54) is 0 Å². The highest BCUT2D eigenvalue weighted by molar-refractivity contribution is 5.56. The van der Waals surface area contributed by atoms with Crippen molar-refractivity contribution in [3.8, 4) is 11.5 Å². The van der Waals surface area contributed by atoms with Crippen LogP contribution in [0.3, 0.4) is 0 Å². The van der Waals surface area contributed by atoms with Gasteiger partial charge in [0.1, 0.15) is 11.5 Å². The molecule has 0 spiro atoms. The number of aromatic nitrogens is 3. The van der Waals surface area contributed by atoms with Crippen LogP contribution in [-0.2, 0) is 13.1 Å². The van der Waals surface area contributed by atoms with Gasteiger partial charge in [-0.3, -0.25) is 5.10 Å². The van der Waals surface area contributed by atoms with Crippen LogP contribution < -0.4 is 5.32 Å². The third-order valence-corrected chi connectivity index (χ3v) is 3.00. The molecule has 0 radical (unpaired) electrons. The Morgan fingerprint density at radius 1 is 1.25 bits per heavy atom. The molecule has 6 nitrogen and oxygen atoms in total. The van der Waals surface area contributed by atoms with E-state index in [0.717, 1.165) is 34.2 Å². The molecule has 0 saturated heterocycles. The van der Waals surface area contributed by atoms with E-state index in [0.29, 0.717) is 13.1 Å². The summed E-state index contributed by atoms with van der Waals surface area (Å²) in [5.41, 5.74) is 2.84. The van der Waals surface area contributed by atoms with Gasteiger partial charge in [-0.2, -0.15) is 5.10 Å². The fourth-order valence-electron chi connectivity index (χ4n) is 2.05. The Bertz CT molecular complexity index is 695. The van der Waals surface area contributed by atoms with Gasteiger partial charge in [-0.15, -0.1) is 0 Å². The van der Waals surface area contributed by atoms with Crippen LogP contribution in [0.4, 0.5) is 0 Å². The van der Waals surface area contributed by atoms with Gasteiger partial charge in [-0.25, -0.2) is 0 Å². The molecule has 0 aliphatic carbocycles. The van der Waals surface area contributed by atoms with E-state index in [2.05, 4.69) is 20.7 Å². The van der Waals surface area contributed by atoms with Crippen LogP contribution in [0.15, 0.2) is 33.3 Å². The first-order chi connectivity index (χ1) is 9.72. The maximum Gasteiger partial charge on any atom is 0.152 e. The lowest BCUT2D eigenvalue weighted by atomic mass is 10.2. The molecule has 0 unspecified atom stereocenters. The second-order valence-electron chi connectivity index (χ2n) is 4.72. The molecule has 6 heteroatoms. The van der Waals surface area contributed by atoms with E-state index in [1.54, 1.807) is 6.20 Å². The minimum atomic E-state index is 0.628. The molecule has 0 atom stereocenters. The minimum Gasteiger partial charge on any atom is -0.460 e. The number of nitrogens with zero attached hydrogens (tertiary/aromatic N) is 2. The monoisotopic (exact) mass is 272 g/mol. The van der Waals surface area contributed by atoms with E-state index in [-0.39, 0.29) is 0 Å². The summed E-state index contributed by atoms with van der Waals surface area (Å²) >= 11 is 0. The maximum absolute atomic E-state index is 5.61. The SMILES string of the molecule is Cc1cc(CNCc2cn[nH]c2-c2ccc(C)o2)on1. The first kappa shape index (κ1) is 12.7. The Morgan fingerprint density at radius 2 is 2.15 bits per heavy atom. The third-order valence-electron chi connectivity index (χ3n) is 3.00. The summed E-state index contributed by atoms with van der Waals surface area (Å²) in [5, 5.41) is 14.2. The van der Waals surface area contributed by atoms with Gasteiger partial charge in [0.05, 0.1) is 18.4 Å². The van der Waals surface area contributed by atoms with E-state index < -0.39 is 0 Å². The Balaban J connectivity index is 1.65. The predicted molar refractivity (Wildman–Crippen MR) is 72.8 cm³/mol. The van der Waals surface area contributed by atoms with E-state index in [1.807, 2.05) is 32.0 Å². The van der Waals surface area contributed by atoms with E-state index in [4.69, 9.17) is 8.94 Å². The number of rotatable bonds is 5. The molecular formula is C14H16N4O2. The average molecular weight is 272 g/mol. The molecule has 2 N–H and O–H groups in total. The van der Waals surface area contributed by atoms with Crippen molar-refractivity contribution in [3.63, 3.8) is 0 Å². The van der Waals surface area contributed by atoms with Crippen molar-refractivity contribution in [1.82, 2.24) is 20.7 Å². The smallest absolute Gasteiger partial charge is 0.152 e. The first-order valence-electron chi connectivity index (χ1n) is 6.44. The van der Waals surface area contributed by atoms with Crippen molar-refractivity contribution in [1.29, 1.82) is 0 Å². The zero-order valence-corrected chi connectivity index (χ0v) is 11.4. The van der Waals surface area contributed by atoms with Gasteiger partial charge < -0.3 is 14.3 Å². The van der Waals surface area contributed by atoms with Crippen molar-refractivity contribution < 1.29 is 8.94 Å². The van der Waals surface area contributed by atoms with Crippen molar-refractivity contribution in [2.75, 3.05) is 0 Å². The van der Waals surface area contributed by atoms with Gasteiger partial charge in [0.25, 0.3) is 0 Å². The maximum atomic E-state index is 5.61. The van der Waals surface area contributed by atoms with Crippen LogP contribution in [0.2, 0.25) is 0 Å². The molecule has 0 aliphatic heterocycles. The highest BCUT2D eigenvalue weighted by Crippen LogP contribution is 2.23. The molecule has 3 aromatic rings. The number of H-pyrrole nitrogens is 1. The number of aromatic amines is 1. The Hall–Kier alpha value is -2.34. The summed E-state index contributed by atoms with van der Waals surface area (Å²) in [6.45, 7) is 5.12. The summed E-state index contributed by atoms with van der Waals surface area (Å²) in [4.78, 5) is 0. The molecule has 3 aromatic heterocycles. The number of hydrogen-bond donors (Lipinski definition) is 2. The number of nitrogens with one attached hydrogen (secondary N) is 2. The molecule has 0 saturated carbocycles. The predicted octanol–water partition coefficient (Wildman–Crippen LogP) is 2.56. The lowest BCUT2D eigenvalue weighted by molar-refractivity contribution is 0.369. The molecule has 0 bridgehead atoms. The van der Waals surface area contributed by atoms with Crippen LogP contribution in [0.25, 0.3) is 11.5 Å². The minimum absolute atomic E-state index is 0.628. The highest BCUT2D eigenvalue weighted by atomic mass is 16.5. The summed E-state index contributed by atoms with van der Waals surface area (Å²) < 4.78 is 10.8. The summed E-state index contributed by atoms with van der Waals surface area (Å²) in [7, 11) is 0. The Kier molecular flexibility index (Phi) is 3.39. The largest absolute Gasteiger partial charge is 0.460 e. The molecule has 0 aromatic carbocycles. The number of hydrogen-bond acceptors (Lipinski definition) is 5. The van der Waals surface area contributed by atoms with Crippen molar-refractivity contribution >= 4 is 0 Å². The average Bonchev–Trinajstić information content (AvgIpc) is 3.11. The molecule has 3 rings (SSSR count). The van der Waals surface area contributed by atoms with Crippen LogP contribution in [0.1, 0.15) is 22.8 Å². The van der Waals surface area contributed by atoms with Crippen molar-refractivity contribution in [2.24, 2.45) is 0 Å². The fraction of sp³-hybridized carbons (Fsp3) is 0.286. The highest BCUT2D eigenvalue weighted by Gasteiger charge is 2.11. The van der Waals surface area contributed by atoms with Gasteiger partial charge >= 0.3 is 0 Å². The normalized spacial score (nSPS) is 11.1. The van der Waals surface area contributed by atoms with Gasteiger partial charge in [0, 0.05) is 18.2 Å². The van der Waals surface area contributed by atoms with Crippen LogP contribution in [0, 0.1) is 13.8 Å². The Morgan fingerprint density at radius 3 is 2.85 bits per heavy atom. The molecule has 0 aliphatic rings. The molecule has 104 valence electrons. The van der Waals surface area contributed by atoms with Crippen LogP contribution in [0.5, 0.6) is 0 Å². The number of furan rings is 1. The molecule has 20 heavy (non-hydrogen) atoms. The lowest BCUT2D eigenvalue weighted by Gasteiger charge is -2.02. The second kappa shape index (κ2) is 5.34. The van der Waals surface area contributed by atoms with Gasteiger partial charge in [-0.05, 0) is 26.0 Å². The quantitative estimate of drug-likeness (QED) is 0.746. The summed E-state index contributed by atoms with van der Waals surface area (Å²) in [6, 6.07) is 5.79. The van der Waals surface area contributed by atoms with Crippen molar-refractivity contribution in [2.45, 2.75) is 26.9 Å². The first-order valence-corrected chi connectivity index (χ1v) is 6.44. The molecular weight excluding hydrogens is 256 g/mol. The number of aryl methyl sites for hydroxylation is 2. The Labute approximate surface area is 116 Å². The zero-order chi connectivity index (χ0) is 13.9. The van der Waals surface area contributed by atoms with Crippen LogP contribution in [-0.4, -0.2) is 15.4 Å². The standard InChI is InChI=1S/C14H16N4O2/c1-9-5-12(20-18-9)8-15-6-11-7-16-17-14(11)13-4-3-10(2)19-13/h3-5,7,15H,6,8H2,1-2H3,(H,16,17). The molecule has 0 fully saturated rings. The fourth-order valence-corrected chi connectivity index (χ4v) is 2.05. The second-order valence-corrected chi connectivity index (χ2v) is 4.72. The van der Waals surface area contributed by atoms with Gasteiger partial charge in [0.2, 0.25) is 0 Å². The zero-order valence-electron chi connectivity index (χ0n) is 11.4. The van der Waals surface area contributed by atoms with Crippen molar-refractivity contribution in [3.05, 3.63) is 47.2 Å². The summed E-state index contributed by atoms with van der Waals surface area (Å²) in [6.07, 6.45) is 1.80. The van der Waals surface area contributed by atoms with E-state index in [9.17, 15) is 0 Å². The van der Waals surface area contributed by atoms with Gasteiger partial charge in [0.15, 0.2) is 11.5 Å². The van der Waals surface area contributed by atoms with E-state index >= 15 is 0 Å². The topological polar surface area (TPSA) is 79.9 Å². The third kappa shape index (κ3) is 2.65. The molecule has 3 heterocycles. The summed E-state index contributed by atoms with van der Waals surface area (Å²) in [5.74, 6) is 2.50.